The second kappa shape index (κ2) is 6.45. The van der Waals surface area contributed by atoms with Gasteiger partial charge in [0.2, 0.25) is 0 Å². The van der Waals surface area contributed by atoms with Gasteiger partial charge < -0.3 is 15.2 Å². The Morgan fingerprint density at radius 1 is 1.16 bits per heavy atom. The number of nitrogens with one attached hydrogen (secondary N) is 1. The molecule has 0 saturated carbocycles. The molecule has 0 atom stereocenters. The summed E-state index contributed by atoms with van der Waals surface area (Å²) >= 11 is 5.87. The highest BCUT2D eigenvalue weighted by atomic mass is 35.5. The van der Waals surface area contributed by atoms with E-state index in [1.807, 2.05) is 18.2 Å². The lowest BCUT2D eigenvalue weighted by Gasteiger charge is -2.11. The van der Waals surface area contributed by atoms with E-state index in [2.05, 4.69) is 11.4 Å². The summed E-state index contributed by atoms with van der Waals surface area (Å²) in [4.78, 5) is 0. The minimum atomic E-state index is 0.0898. The van der Waals surface area contributed by atoms with Gasteiger partial charge in [-0.1, -0.05) is 35.9 Å². The number of ether oxygens (including phenoxy) is 1. The van der Waals surface area contributed by atoms with E-state index in [4.69, 9.17) is 16.3 Å². The van der Waals surface area contributed by atoms with Crippen molar-refractivity contribution in [2.45, 2.75) is 13.2 Å². The summed E-state index contributed by atoms with van der Waals surface area (Å²) in [5, 5.41) is 13.0. The molecule has 100 valence electrons. The van der Waals surface area contributed by atoms with Crippen molar-refractivity contribution in [1.29, 1.82) is 0 Å². The van der Waals surface area contributed by atoms with Gasteiger partial charge in [-0.2, -0.15) is 0 Å². The van der Waals surface area contributed by atoms with Crippen LogP contribution in [0.3, 0.4) is 0 Å². The van der Waals surface area contributed by atoms with Crippen LogP contribution in [0, 0.1) is 0 Å². The smallest absolute Gasteiger partial charge is 0.134 e. The van der Waals surface area contributed by atoms with Gasteiger partial charge in [0.05, 0.1) is 11.6 Å². The molecule has 3 nitrogen and oxygen atoms in total. The van der Waals surface area contributed by atoms with Crippen molar-refractivity contribution >= 4 is 17.3 Å². The molecular formula is C15H16ClNO2. The Kier molecular flexibility index (Phi) is 4.66. The molecule has 0 bridgehead atoms. The van der Waals surface area contributed by atoms with E-state index in [1.165, 1.54) is 5.56 Å². The maximum atomic E-state index is 9.37. The third-order valence-corrected chi connectivity index (χ3v) is 3.15. The monoisotopic (exact) mass is 277 g/mol. The van der Waals surface area contributed by atoms with Gasteiger partial charge in [-0.3, -0.25) is 0 Å². The Hall–Kier alpha value is -1.71. The number of hydrogen-bond donors (Lipinski definition) is 2. The fourth-order valence-electron chi connectivity index (χ4n) is 1.84. The summed E-state index contributed by atoms with van der Waals surface area (Å²) < 4.78 is 5.17. The summed E-state index contributed by atoms with van der Waals surface area (Å²) in [5.74, 6) is 0.0898. The average Bonchev–Trinajstić information content (AvgIpc) is 2.42. The van der Waals surface area contributed by atoms with E-state index < -0.39 is 0 Å². The molecule has 0 aromatic heterocycles. The second-order valence-electron chi connectivity index (χ2n) is 4.22. The molecular weight excluding hydrogens is 262 g/mol. The highest BCUT2D eigenvalue weighted by molar-refractivity contribution is 6.32. The lowest BCUT2D eigenvalue weighted by Crippen LogP contribution is -2.03. The molecule has 19 heavy (non-hydrogen) atoms. The fourth-order valence-corrected chi connectivity index (χ4v) is 2.02. The van der Waals surface area contributed by atoms with Crippen LogP contribution in [0.4, 0.5) is 5.69 Å². The molecule has 0 aliphatic rings. The molecule has 0 unspecified atom stereocenters. The topological polar surface area (TPSA) is 41.5 Å². The Morgan fingerprint density at radius 3 is 2.58 bits per heavy atom. The van der Waals surface area contributed by atoms with Gasteiger partial charge in [0.1, 0.15) is 5.75 Å². The molecule has 0 spiro atoms. The SMILES string of the molecule is COCc1ccccc1CNc1ccc(O)c(Cl)c1. The van der Waals surface area contributed by atoms with Crippen LogP contribution in [0.1, 0.15) is 11.1 Å². The molecule has 4 heteroatoms. The molecule has 0 heterocycles. The molecule has 0 aliphatic carbocycles. The van der Waals surface area contributed by atoms with Crippen molar-refractivity contribution in [3.63, 3.8) is 0 Å². The van der Waals surface area contributed by atoms with Crippen LogP contribution in [0.5, 0.6) is 5.75 Å². The first kappa shape index (κ1) is 13.7. The number of rotatable bonds is 5. The number of phenols is 1. The van der Waals surface area contributed by atoms with Crippen molar-refractivity contribution in [2.75, 3.05) is 12.4 Å². The fraction of sp³-hybridized carbons (Fsp3) is 0.200. The van der Waals surface area contributed by atoms with E-state index in [-0.39, 0.29) is 5.75 Å². The minimum Gasteiger partial charge on any atom is -0.506 e. The Balaban J connectivity index is 2.07. The first-order chi connectivity index (χ1) is 9.20. The predicted molar refractivity (Wildman–Crippen MR) is 77.6 cm³/mol. The zero-order valence-corrected chi connectivity index (χ0v) is 11.4. The Labute approximate surface area is 117 Å². The van der Waals surface area contributed by atoms with Crippen molar-refractivity contribution in [3.05, 3.63) is 58.6 Å². The first-order valence-corrected chi connectivity index (χ1v) is 6.36. The quantitative estimate of drug-likeness (QED) is 0.817. The largest absolute Gasteiger partial charge is 0.506 e. The molecule has 2 N–H and O–H groups in total. The van der Waals surface area contributed by atoms with Crippen molar-refractivity contribution in [2.24, 2.45) is 0 Å². The summed E-state index contributed by atoms with van der Waals surface area (Å²) in [6.45, 7) is 1.27. The molecule has 0 amide bonds. The Bertz CT molecular complexity index is 558. The normalized spacial score (nSPS) is 10.4. The van der Waals surface area contributed by atoms with Crippen LogP contribution in [0.2, 0.25) is 5.02 Å². The molecule has 2 rings (SSSR count). The van der Waals surface area contributed by atoms with Gasteiger partial charge in [-0.05, 0) is 29.3 Å². The van der Waals surface area contributed by atoms with Crippen molar-refractivity contribution < 1.29 is 9.84 Å². The number of halogens is 1. The lowest BCUT2D eigenvalue weighted by atomic mass is 10.1. The Morgan fingerprint density at radius 2 is 1.89 bits per heavy atom. The van der Waals surface area contributed by atoms with Gasteiger partial charge in [-0.15, -0.1) is 0 Å². The van der Waals surface area contributed by atoms with Crippen LogP contribution in [-0.4, -0.2) is 12.2 Å². The van der Waals surface area contributed by atoms with Crippen LogP contribution in [0.15, 0.2) is 42.5 Å². The van der Waals surface area contributed by atoms with E-state index >= 15 is 0 Å². The van der Waals surface area contributed by atoms with Gasteiger partial charge in [-0.25, -0.2) is 0 Å². The van der Waals surface area contributed by atoms with Gasteiger partial charge >= 0.3 is 0 Å². The third-order valence-electron chi connectivity index (χ3n) is 2.85. The van der Waals surface area contributed by atoms with E-state index in [0.29, 0.717) is 18.2 Å². The highest BCUT2D eigenvalue weighted by Crippen LogP contribution is 2.26. The van der Waals surface area contributed by atoms with Gasteiger partial charge in [0.25, 0.3) is 0 Å². The predicted octanol–water partition coefficient (Wildman–Crippen LogP) is 3.80. The summed E-state index contributed by atoms with van der Waals surface area (Å²) in [5.41, 5.74) is 3.20. The number of methoxy groups -OCH3 is 1. The molecule has 0 aliphatic heterocycles. The summed E-state index contributed by atoms with van der Waals surface area (Å²) in [6, 6.07) is 13.2. The van der Waals surface area contributed by atoms with Gasteiger partial charge in [0.15, 0.2) is 0 Å². The average molecular weight is 278 g/mol. The third kappa shape index (κ3) is 3.63. The maximum Gasteiger partial charge on any atom is 0.134 e. The standard InChI is InChI=1S/C15H16ClNO2/c1-19-10-12-5-3-2-4-11(12)9-17-13-6-7-15(18)14(16)8-13/h2-8,17-18H,9-10H2,1H3. The summed E-state index contributed by atoms with van der Waals surface area (Å²) in [6.07, 6.45) is 0. The highest BCUT2D eigenvalue weighted by Gasteiger charge is 2.03. The molecule has 0 saturated heterocycles. The van der Waals surface area contributed by atoms with E-state index in [0.717, 1.165) is 11.3 Å². The van der Waals surface area contributed by atoms with Crippen LogP contribution < -0.4 is 5.32 Å². The minimum absolute atomic E-state index is 0.0898. The second-order valence-corrected chi connectivity index (χ2v) is 4.63. The zero-order chi connectivity index (χ0) is 13.7. The first-order valence-electron chi connectivity index (χ1n) is 5.99. The molecule has 0 fully saturated rings. The van der Waals surface area contributed by atoms with E-state index in [1.54, 1.807) is 25.3 Å². The molecule has 2 aromatic carbocycles. The number of anilines is 1. The number of aromatic hydroxyl groups is 1. The van der Waals surface area contributed by atoms with Gasteiger partial charge in [0, 0.05) is 19.3 Å². The zero-order valence-electron chi connectivity index (χ0n) is 10.7. The van der Waals surface area contributed by atoms with Crippen LogP contribution in [0.25, 0.3) is 0 Å². The number of benzene rings is 2. The summed E-state index contributed by atoms with van der Waals surface area (Å²) in [7, 11) is 1.68. The van der Waals surface area contributed by atoms with Crippen molar-refractivity contribution in [3.8, 4) is 5.75 Å². The number of hydrogen-bond acceptors (Lipinski definition) is 3. The molecule has 2 aromatic rings. The number of phenolic OH excluding ortho intramolecular Hbond substituents is 1. The molecule has 0 radical (unpaired) electrons. The van der Waals surface area contributed by atoms with Crippen molar-refractivity contribution in [1.82, 2.24) is 0 Å². The lowest BCUT2D eigenvalue weighted by molar-refractivity contribution is 0.184. The van der Waals surface area contributed by atoms with Crippen LogP contribution in [-0.2, 0) is 17.9 Å². The maximum absolute atomic E-state index is 9.37. The van der Waals surface area contributed by atoms with Crippen LogP contribution >= 0.6 is 11.6 Å². The van der Waals surface area contributed by atoms with E-state index in [9.17, 15) is 5.11 Å².